The molecule has 0 bridgehead atoms. The minimum atomic E-state index is -4.58. The summed E-state index contributed by atoms with van der Waals surface area (Å²) in [5, 5.41) is 10.0. The van der Waals surface area contributed by atoms with Crippen molar-refractivity contribution in [3.63, 3.8) is 0 Å². The summed E-state index contributed by atoms with van der Waals surface area (Å²) in [7, 11) is 0. The van der Waals surface area contributed by atoms with E-state index in [0.717, 1.165) is 50.3 Å². The number of aromatic nitrogens is 5. The number of pyridine rings is 1. The standard InChI is InChI=1S/C26H26F3N7OS/c27-26(28,29)21-18(6-3-9-31-21)38-19-15-32-23-22(33-19)34-24(36(23)12-13-37)35-10-7-25(8-11-35)14-16-4-1-2-5-17(16)20(25)30/h1-6,9,15,20,37H,7-8,10-14,30H2. The first-order chi connectivity index (χ1) is 18.3. The van der Waals surface area contributed by atoms with Gasteiger partial charge in [0.25, 0.3) is 0 Å². The SMILES string of the molecule is NC1c2ccccc2CC12CCN(c1nc3nc(Sc4cccnc4C(F)(F)F)cnc3n1CCO)CC2. The average Bonchev–Trinajstić information content (AvgIpc) is 3.39. The molecule has 6 rings (SSSR count). The van der Waals surface area contributed by atoms with Crippen molar-refractivity contribution >= 4 is 29.0 Å². The highest BCUT2D eigenvalue weighted by Gasteiger charge is 2.46. The quantitative estimate of drug-likeness (QED) is 0.387. The molecule has 0 amide bonds. The zero-order valence-electron chi connectivity index (χ0n) is 20.4. The number of benzene rings is 1. The van der Waals surface area contributed by atoms with E-state index in [-0.39, 0.29) is 34.5 Å². The number of nitrogens with zero attached hydrogens (tertiary/aromatic N) is 6. The van der Waals surface area contributed by atoms with Gasteiger partial charge >= 0.3 is 6.18 Å². The Morgan fingerprint density at radius 3 is 2.61 bits per heavy atom. The van der Waals surface area contributed by atoms with Gasteiger partial charge in [0, 0.05) is 30.2 Å². The molecule has 1 aliphatic carbocycles. The molecule has 1 aliphatic heterocycles. The van der Waals surface area contributed by atoms with E-state index in [2.05, 4.69) is 38.1 Å². The van der Waals surface area contributed by atoms with Crippen LogP contribution in [-0.4, -0.2) is 49.3 Å². The third-order valence-electron chi connectivity index (χ3n) is 7.63. The van der Waals surface area contributed by atoms with Crippen molar-refractivity contribution in [2.24, 2.45) is 11.1 Å². The number of alkyl halides is 3. The summed E-state index contributed by atoms with van der Waals surface area (Å²) in [6, 6.07) is 11.2. The molecule has 3 N–H and O–H groups in total. The Labute approximate surface area is 221 Å². The van der Waals surface area contributed by atoms with Gasteiger partial charge in [0.05, 0.1) is 19.3 Å². The summed E-state index contributed by atoms with van der Waals surface area (Å²) in [5.41, 5.74) is 9.12. The zero-order valence-corrected chi connectivity index (χ0v) is 21.2. The Kier molecular flexibility index (Phi) is 6.28. The molecule has 38 heavy (non-hydrogen) atoms. The number of imidazole rings is 1. The second-order valence-electron chi connectivity index (χ2n) is 9.80. The largest absolute Gasteiger partial charge is 0.434 e. The second-order valence-corrected chi connectivity index (χ2v) is 10.9. The molecule has 0 saturated carbocycles. The molecular formula is C26H26F3N7OS. The number of fused-ring (bicyclic) bond motifs is 2. The maximum Gasteiger partial charge on any atom is 0.434 e. The molecule has 4 aromatic rings. The molecule has 0 radical (unpaired) electrons. The molecule has 1 atom stereocenters. The lowest BCUT2D eigenvalue weighted by molar-refractivity contribution is -0.143. The van der Waals surface area contributed by atoms with Crippen LogP contribution < -0.4 is 10.6 Å². The van der Waals surface area contributed by atoms with E-state index >= 15 is 0 Å². The topological polar surface area (TPSA) is 106 Å². The Hall–Kier alpha value is -3.22. The third-order valence-corrected chi connectivity index (χ3v) is 8.58. The number of rotatable bonds is 5. The van der Waals surface area contributed by atoms with Crippen molar-refractivity contribution in [1.82, 2.24) is 24.5 Å². The Morgan fingerprint density at radius 2 is 1.87 bits per heavy atom. The molecule has 4 heterocycles. The summed E-state index contributed by atoms with van der Waals surface area (Å²) in [5.74, 6) is 0.646. The number of hydrogen-bond donors (Lipinski definition) is 2. The van der Waals surface area contributed by atoms with Gasteiger partial charge in [-0.3, -0.25) is 9.55 Å². The van der Waals surface area contributed by atoms with Crippen LogP contribution in [0.15, 0.2) is 58.7 Å². The molecule has 12 heteroatoms. The lowest BCUT2D eigenvalue weighted by atomic mass is 9.73. The summed E-state index contributed by atoms with van der Waals surface area (Å²) in [4.78, 5) is 19.3. The molecule has 1 spiro atoms. The minimum Gasteiger partial charge on any atom is -0.395 e. The van der Waals surface area contributed by atoms with Crippen LogP contribution >= 0.6 is 11.8 Å². The van der Waals surface area contributed by atoms with Crippen molar-refractivity contribution in [3.8, 4) is 0 Å². The van der Waals surface area contributed by atoms with Crippen LogP contribution in [0.4, 0.5) is 19.1 Å². The van der Waals surface area contributed by atoms with Crippen LogP contribution in [0.2, 0.25) is 0 Å². The smallest absolute Gasteiger partial charge is 0.395 e. The van der Waals surface area contributed by atoms with Gasteiger partial charge in [-0.05, 0) is 47.9 Å². The van der Waals surface area contributed by atoms with Crippen molar-refractivity contribution in [2.45, 2.75) is 47.9 Å². The van der Waals surface area contributed by atoms with Crippen molar-refractivity contribution in [2.75, 3.05) is 24.6 Å². The second kappa shape index (κ2) is 9.51. The molecule has 198 valence electrons. The van der Waals surface area contributed by atoms with E-state index in [9.17, 15) is 18.3 Å². The van der Waals surface area contributed by atoms with Crippen molar-refractivity contribution < 1.29 is 18.3 Å². The van der Waals surface area contributed by atoms with E-state index in [0.29, 0.717) is 17.2 Å². The molecule has 8 nitrogen and oxygen atoms in total. The molecule has 1 saturated heterocycles. The van der Waals surface area contributed by atoms with E-state index in [4.69, 9.17) is 10.7 Å². The minimum absolute atomic E-state index is 0.00547. The Balaban J connectivity index is 1.27. The predicted molar refractivity (Wildman–Crippen MR) is 137 cm³/mol. The average molecular weight is 542 g/mol. The van der Waals surface area contributed by atoms with Gasteiger partial charge in [-0.2, -0.15) is 18.2 Å². The number of halogens is 3. The molecule has 3 aromatic heterocycles. The number of anilines is 1. The van der Waals surface area contributed by atoms with Crippen LogP contribution in [-0.2, 0) is 19.1 Å². The van der Waals surface area contributed by atoms with Crippen LogP contribution in [0.25, 0.3) is 11.3 Å². The summed E-state index contributed by atoms with van der Waals surface area (Å²) in [6.07, 6.45) is 0.724. The molecule has 1 fully saturated rings. The lowest BCUT2D eigenvalue weighted by Crippen LogP contribution is -2.45. The molecular weight excluding hydrogens is 515 g/mol. The Bertz CT molecular complexity index is 1480. The number of nitrogens with two attached hydrogens (primary N) is 1. The van der Waals surface area contributed by atoms with Gasteiger partial charge in [0.1, 0.15) is 5.03 Å². The number of aliphatic hydroxyl groups is 1. The maximum atomic E-state index is 13.4. The van der Waals surface area contributed by atoms with Crippen molar-refractivity contribution in [1.29, 1.82) is 0 Å². The van der Waals surface area contributed by atoms with Gasteiger partial charge in [-0.1, -0.05) is 36.0 Å². The van der Waals surface area contributed by atoms with Gasteiger partial charge < -0.3 is 15.7 Å². The van der Waals surface area contributed by atoms with Gasteiger partial charge in [0.2, 0.25) is 5.95 Å². The first-order valence-electron chi connectivity index (χ1n) is 12.4. The van der Waals surface area contributed by atoms with Gasteiger partial charge in [-0.15, -0.1) is 0 Å². The highest BCUT2D eigenvalue weighted by atomic mass is 32.2. The highest BCUT2D eigenvalue weighted by Crippen LogP contribution is 2.51. The highest BCUT2D eigenvalue weighted by molar-refractivity contribution is 7.99. The number of hydrogen-bond acceptors (Lipinski definition) is 8. The van der Waals surface area contributed by atoms with Gasteiger partial charge in [0.15, 0.2) is 17.0 Å². The predicted octanol–water partition coefficient (Wildman–Crippen LogP) is 4.23. The molecule has 2 aliphatic rings. The maximum absolute atomic E-state index is 13.4. The monoisotopic (exact) mass is 541 g/mol. The summed E-state index contributed by atoms with van der Waals surface area (Å²) >= 11 is 0.845. The van der Waals surface area contributed by atoms with E-state index in [1.807, 2.05) is 10.6 Å². The van der Waals surface area contributed by atoms with E-state index in [1.54, 1.807) is 0 Å². The summed E-state index contributed by atoms with van der Waals surface area (Å²) < 4.78 is 42.0. The number of piperidine rings is 1. The fourth-order valence-electron chi connectivity index (χ4n) is 5.73. The normalized spacial score (nSPS) is 18.9. The van der Waals surface area contributed by atoms with Crippen LogP contribution in [0, 0.1) is 5.41 Å². The zero-order chi connectivity index (χ0) is 26.5. The van der Waals surface area contributed by atoms with E-state index in [1.165, 1.54) is 29.5 Å². The fraction of sp³-hybridized carbons (Fsp3) is 0.385. The first kappa shape index (κ1) is 25.1. The fourth-order valence-corrected chi connectivity index (χ4v) is 6.60. The number of aliphatic hydroxyl groups excluding tert-OH is 1. The Morgan fingerprint density at radius 1 is 1.08 bits per heavy atom. The molecule has 1 unspecified atom stereocenters. The van der Waals surface area contributed by atoms with Crippen LogP contribution in [0.5, 0.6) is 0 Å². The van der Waals surface area contributed by atoms with E-state index < -0.39 is 11.9 Å². The third kappa shape index (κ3) is 4.30. The first-order valence-corrected chi connectivity index (χ1v) is 13.2. The van der Waals surface area contributed by atoms with Crippen molar-refractivity contribution in [3.05, 3.63) is 65.6 Å². The summed E-state index contributed by atoms with van der Waals surface area (Å²) in [6.45, 7) is 1.64. The molecule has 1 aromatic carbocycles. The van der Waals surface area contributed by atoms with Gasteiger partial charge in [-0.25, -0.2) is 9.97 Å². The van der Waals surface area contributed by atoms with Crippen LogP contribution in [0.3, 0.4) is 0 Å². The lowest BCUT2D eigenvalue weighted by Gasteiger charge is -2.42. The van der Waals surface area contributed by atoms with Crippen LogP contribution in [0.1, 0.15) is 35.7 Å².